The molecular formula is C24H27ClN2O4S. The molecule has 0 saturated carbocycles. The summed E-state index contributed by atoms with van der Waals surface area (Å²) >= 11 is 7.46. The van der Waals surface area contributed by atoms with Crippen molar-refractivity contribution >= 4 is 28.8 Å². The van der Waals surface area contributed by atoms with Crippen molar-refractivity contribution in [1.29, 1.82) is 0 Å². The summed E-state index contributed by atoms with van der Waals surface area (Å²) in [6.07, 6.45) is 0.840. The SMILES string of the molecule is CCC(C)N(Cc1csc(COc2c(OC)cccc2OC)n1)C(=O)c1ccc(Cl)cc1. The summed E-state index contributed by atoms with van der Waals surface area (Å²) in [4.78, 5) is 19.6. The minimum absolute atomic E-state index is 0.0411. The zero-order valence-electron chi connectivity index (χ0n) is 18.6. The molecule has 170 valence electrons. The second-order valence-electron chi connectivity index (χ2n) is 7.21. The third-order valence-electron chi connectivity index (χ3n) is 5.13. The van der Waals surface area contributed by atoms with Gasteiger partial charge in [-0.05, 0) is 49.7 Å². The van der Waals surface area contributed by atoms with Crippen molar-refractivity contribution in [1.82, 2.24) is 9.88 Å². The van der Waals surface area contributed by atoms with Crippen LogP contribution in [0.25, 0.3) is 0 Å². The minimum atomic E-state index is -0.0411. The van der Waals surface area contributed by atoms with Gasteiger partial charge in [-0.15, -0.1) is 11.3 Å². The number of thiazole rings is 1. The van der Waals surface area contributed by atoms with Crippen LogP contribution in [-0.4, -0.2) is 36.1 Å². The molecule has 0 saturated heterocycles. The number of methoxy groups -OCH3 is 2. The molecule has 0 fully saturated rings. The summed E-state index contributed by atoms with van der Waals surface area (Å²) in [5.41, 5.74) is 1.43. The largest absolute Gasteiger partial charge is 0.493 e. The number of nitrogens with zero attached hydrogens (tertiary/aromatic N) is 2. The van der Waals surface area contributed by atoms with Crippen LogP contribution in [-0.2, 0) is 13.2 Å². The summed E-state index contributed by atoms with van der Waals surface area (Å²) in [5.74, 6) is 1.68. The van der Waals surface area contributed by atoms with Crippen LogP contribution in [0.3, 0.4) is 0 Å². The fourth-order valence-electron chi connectivity index (χ4n) is 3.16. The third-order valence-corrected chi connectivity index (χ3v) is 6.25. The lowest BCUT2D eigenvalue weighted by atomic mass is 10.1. The van der Waals surface area contributed by atoms with E-state index in [-0.39, 0.29) is 18.6 Å². The Morgan fingerprint density at radius 1 is 1.12 bits per heavy atom. The normalized spacial score (nSPS) is 11.7. The summed E-state index contributed by atoms with van der Waals surface area (Å²) in [5, 5.41) is 3.37. The smallest absolute Gasteiger partial charge is 0.254 e. The molecule has 8 heteroatoms. The highest BCUT2D eigenvalue weighted by Gasteiger charge is 2.22. The number of benzene rings is 2. The lowest BCUT2D eigenvalue weighted by molar-refractivity contribution is 0.0669. The van der Waals surface area contributed by atoms with E-state index in [1.54, 1.807) is 38.5 Å². The van der Waals surface area contributed by atoms with Gasteiger partial charge in [0.25, 0.3) is 5.91 Å². The zero-order chi connectivity index (χ0) is 23.1. The fourth-order valence-corrected chi connectivity index (χ4v) is 3.98. The Hall–Kier alpha value is -2.77. The van der Waals surface area contributed by atoms with Gasteiger partial charge in [-0.3, -0.25) is 4.79 Å². The first kappa shape index (κ1) is 23.9. The highest BCUT2D eigenvalue weighted by atomic mass is 35.5. The molecule has 1 unspecified atom stereocenters. The van der Waals surface area contributed by atoms with Crippen LogP contribution in [0.4, 0.5) is 0 Å². The second-order valence-corrected chi connectivity index (χ2v) is 8.59. The van der Waals surface area contributed by atoms with Gasteiger partial charge in [0.15, 0.2) is 11.5 Å². The van der Waals surface area contributed by atoms with E-state index < -0.39 is 0 Å². The Labute approximate surface area is 197 Å². The summed E-state index contributed by atoms with van der Waals surface area (Å²) < 4.78 is 16.7. The number of aromatic nitrogens is 1. The molecule has 1 heterocycles. The number of rotatable bonds is 10. The molecule has 6 nitrogen and oxygen atoms in total. The van der Waals surface area contributed by atoms with Crippen molar-refractivity contribution < 1.29 is 19.0 Å². The van der Waals surface area contributed by atoms with Gasteiger partial charge in [0.2, 0.25) is 5.75 Å². The predicted molar refractivity (Wildman–Crippen MR) is 127 cm³/mol. The average molecular weight is 475 g/mol. The molecule has 0 aliphatic heterocycles. The summed E-state index contributed by atoms with van der Waals surface area (Å²) in [7, 11) is 3.18. The molecule has 0 spiro atoms. The number of hydrogen-bond acceptors (Lipinski definition) is 6. The zero-order valence-corrected chi connectivity index (χ0v) is 20.2. The van der Waals surface area contributed by atoms with E-state index in [2.05, 4.69) is 11.9 Å². The van der Waals surface area contributed by atoms with E-state index in [1.165, 1.54) is 11.3 Å². The Balaban J connectivity index is 1.72. The van der Waals surface area contributed by atoms with Crippen LogP contribution < -0.4 is 14.2 Å². The molecule has 2 aromatic carbocycles. The molecule has 0 radical (unpaired) electrons. The van der Waals surface area contributed by atoms with Crippen LogP contribution in [0.5, 0.6) is 17.2 Å². The van der Waals surface area contributed by atoms with Crippen molar-refractivity contribution in [2.75, 3.05) is 14.2 Å². The first-order valence-corrected chi connectivity index (χ1v) is 11.6. The molecule has 0 N–H and O–H groups in total. The molecule has 0 bridgehead atoms. The van der Waals surface area contributed by atoms with E-state index in [1.807, 2.05) is 35.4 Å². The first-order valence-electron chi connectivity index (χ1n) is 10.3. The van der Waals surface area contributed by atoms with Crippen LogP contribution in [0.1, 0.15) is 41.3 Å². The maximum atomic E-state index is 13.1. The number of carbonyl (C=O) groups is 1. The second kappa shape index (κ2) is 11.2. The van der Waals surface area contributed by atoms with E-state index in [4.69, 9.17) is 25.8 Å². The van der Waals surface area contributed by atoms with E-state index in [9.17, 15) is 4.79 Å². The Bertz CT molecular complexity index is 1020. The van der Waals surface area contributed by atoms with Gasteiger partial charge in [-0.1, -0.05) is 24.6 Å². The molecule has 1 amide bonds. The topological polar surface area (TPSA) is 60.9 Å². The Morgan fingerprint density at radius 2 is 1.78 bits per heavy atom. The van der Waals surface area contributed by atoms with Crippen LogP contribution in [0.15, 0.2) is 47.8 Å². The van der Waals surface area contributed by atoms with Crippen LogP contribution in [0, 0.1) is 0 Å². The van der Waals surface area contributed by atoms with Crippen molar-refractivity contribution in [3.8, 4) is 17.2 Å². The van der Waals surface area contributed by atoms with Gasteiger partial charge < -0.3 is 19.1 Å². The summed E-state index contributed by atoms with van der Waals surface area (Å²) in [6, 6.07) is 12.5. The lowest BCUT2D eigenvalue weighted by Crippen LogP contribution is -2.37. The third kappa shape index (κ3) is 5.72. The average Bonchev–Trinajstić information content (AvgIpc) is 3.27. The highest BCUT2D eigenvalue weighted by molar-refractivity contribution is 7.09. The number of para-hydroxylation sites is 1. The maximum Gasteiger partial charge on any atom is 0.254 e. The molecule has 3 rings (SSSR count). The minimum Gasteiger partial charge on any atom is -0.493 e. The molecule has 32 heavy (non-hydrogen) atoms. The van der Waals surface area contributed by atoms with Gasteiger partial charge in [-0.2, -0.15) is 0 Å². The molecule has 3 aromatic rings. The van der Waals surface area contributed by atoms with Crippen LogP contribution in [0.2, 0.25) is 5.02 Å². The van der Waals surface area contributed by atoms with Crippen LogP contribution >= 0.6 is 22.9 Å². The Morgan fingerprint density at radius 3 is 2.38 bits per heavy atom. The van der Waals surface area contributed by atoms with Crippen molar-refractivity contribution in [3.63, 3.8) is 0 Å². The van der Waals surface area contributed by atoms with E-state index in [0.717, 1.165) is 17.1 Å². The predicted octanol–water partition coefficient (Wildman–Crippen LogP) is 5.83. The molecule has 1 atom stereocenters. The number of amides is 1. The molecule has 1 aromatic heterocycles. The van der Waals surface area contributed by atoms with Crippen molar-refractivity contribution in [2.24, 2.45) is 0 Å². The summed E-state index contributed by atoms with van der Waals surface area (Å²) in [6.45, 7) is 4.80. The molecular weight excluding hydrogens is 448 g/mol. The maximum absolute atomic E-state index is 13.1. The number of hydrogen-bond donors (Lipinski definition) is 0. The number of halogens is 1. The van der Waals surface area contributed by atoms with Crippen molar-refractivity contribution in [3.05, 3.63) is 69.1 Å². The highest BCUT2D eigenvalue weighted by Crippen LogP contribution is 2.37. The molecule has 0 aliphatic rings. The van der Waals surface area contributed by atoms with Gasteiger partial charge in [0, 0.05) is 22.0 Å². The van der Waals surface area contributed by atoms with E-state index in [0.29, 0.717) is 34.4 Å². The van der Waals surface area contributed by atoms with Gasteiger partial charge in [0.05, 0.1) is 26.5 Å². The monoisotopic (exact) mass is 474 g/mol. The number of carbonyl (C=O) groups excluding carboxylic acids is 1. The molecule has 0 aliphatic carbocycles. The van der Waals surface area contributed by atoms with E-state index >= 15 is 0 Å². The fraction of sp³-hybridized carbons (Fsp3) is 0.333. The van der Waals surface area contributed by atoms with Gasteiger partial charge in [-0.25, -0.2) is 4.98 Å². The standard InChI is InChI=1S/C24H27ClN2O4S/c1-5-16(2)27(24(28)17-9-11-18(25)12-10-17)13-19-15-32-22(26-19)14-31-23-20(29-3)7-6-8-21(23)30-4/h6-12,15-16H,5,13-14H2,1-4H3. The Kier molecular flexibility index (Phi) is 8.36. The quantitative estimate of drug-likeness (QED) is 0.369. The lowest BCUT2D eigenvalue weighted by Gasteiger charge is -2.28. The van der Waals surface area contributed by atoms with Gasteiger partial charge >= 0.3 is 0 Å². The van der Waals surface area contributed by atoms with Crippen molar-refractivity contribution in [2.45, 2.75) is 39.5 Å². The van der Waals surface area contributed by atoms with Gasteiger partial charge in [0.1, 0.15) is 11.6 Å². The first-order chi connectivity index (χ1) is 15.5. The number of ether oxygens (including phenoxy) is 3.